The Morgan fingerprint density at radius 1 is 1.47 bits per heavy atom. The molecule has 94 valence electrons. The quantitative estimate of drug-likeness (QED) is 0.726. The van der Waals surface area contributed by atoms with Gasteiger partial charge in [0.15, 0.2) is 5.69 Å². The highest BCUT2D eigenvalue weighted by molar-refractivity contribution is 7.90. The van der Waals surface area contributed by atoms with Crippen molar-refractivity contribution in [2.45, 2.75) is 6.42 Å². The third-order valence-corrected chi connectivity index (χ3v) is 3.00. The summed E-state index contributed by atoms with van der Waals surface area (Å²) in [6, 6.07) is 4.60. The molecule has 1 rings (SSSR count). The van der Waals surface area contributed by atoms with Gasteiger partial charge in [-0.15, -0.1) is 0 Å². The first-order chi connectivity index (χ1) is 7.88. The van der Waals surface area contributed by atoms with E-state index in [-0.39, 0.29) is 11.4 Å². The summed E-state index contributed by atoms with van der Waals surface area (Å²) < 4.78 is 21.7. The van der Waals surface area contributed by atoms with E-state index in [1.807, 2.05) is 0 Å². The van der Waals surface area contributed by atoms with Gasteiger partial charge in [-0.2, -0.15) is 0 Å². The van der Waals surface area contributed by atoms with Crippen molar-refractivity contribution in [3.05, 3.63) is 23.9 Å². The Labute approximate surface area is 99.6 Å². The molecule has 0 aliphatic rings. The lowest BCUT2D eigenvalue weighted by Crippen LogP contribution is -2.11. The van der Waals surface area contributed by atoms with Crippen LogP contribution in [0.1, 0.15) is 16.9 Å². The van der Waals surface area contributed by atoms with E-state index in [0.29, 0.717) is 18.8 Å². The first-order valence-electron chi connectivity index (χ1n) is 5.00. The first kappa shape index (κ1) is 13.4. The van der Waals surface area contributed by atoms with Crippen LogP contribution in [0, 0.1) is 0 Å². The Kier molecular flexibility index (Phi) is 4.45. The third-order valence-electron chi connectivity index (χ3n) is 1.97. The summed E-state index contributed by atoms with van der Waals surface area (Å²) in [5.74, 6) is -0.568. The molecular formula is C10H14N2O4S. The van der Waals surface area contributed by atoms with Crippen molar-refractivity contribution in [1.82, 2.24) is 4.98 Å². The number of nitrogens with zero attached hydrogens (tertiary/aromatic N) is 1. The van der Waals surface area contributed by atoms with Crippen molar-refractivity contribution in [3.63, 3.8) is 0 Å². The molecule has 2 N–H and O–H groups in total. The molecule has 0 amide bonds. The normalized spacial score (nSPS) is 11.1. The van der Waals surface area contributed by atoms with Crippen molar-refractivity contribution in [1.29, 1.82) is 0 Å². The number of pyridine rings is 1. The third kappa shape index (κ3) is 5.30. The number of sulfone groups is 1. The summed E-state index contributed by atoms with van der Waals surface area (Å²) in [5, 5.41) is 11.6. The van der Waals surface area contributed by atoms with E-state index in [9.17, 15) is 13.2 Å². The lowest BCUT2D eigenvalue weighted by Gasteiger charge is -2.05. The van der Waals surface area contributed by atoms with Crippen molar-refractivity contribution in [2.24, 2.45) is 0 Å². The average Bonchev–Trinajstić information content (AvgIpc) is 2.23. The number of rotatable bonds is 6. The highest BCUT2D eigenvalue weighted by atomic mass is 32.2. The predicted molar refractivity (Wildman–Crippen MR) is 64.0 cm³/mol. The zero-order valence-corrected chi connectivity index (χ0v) is 10.2. The molecular weight excluding hydrogens is 244 g/mol. The number of carbonyl (C=O) groups is 1. The maximum atomic E-state index is 10.9. The van der Waals surface area contributed by atoms with Gasteiger partial charge in [-0.3, -0.25) is 0 Å². The Morgan fingerprint density at radius 3 is 2.76 bits per heavy atom. The molecule has 0 aromatic carbocycles. The molecule has 0 spiro atoms. The zero-order valence-electron chi connectivity index (χ0n) is 9.38. The molecule has 1 heterocycles. The van der Waals surface area contributed by atoms with Gasteiger partial charge in [-0.05, 0) is 18.6 Å². The van der Waals surface area contributed by atoms with Gasteiger partial charge in [-0.1, -0.05) is 6.07 Å². The second-order valence-corrected chi connectivity index (χ2v) is 5.88. The van der Waals surface area contributed by atoms with Gasteiger partial charge in [0.1, 0.15) is 15.7 Å². The Balaban J connectivity index is 2.47. The van der Waals surface area contributed by atoms with Crippen molar-refractivity contribution >= 4 is 21.6 Å². The van der Waals surface area contributed by atoms with Gasteiger partial charge in [0, 0.05) is 12.8 Å². The maximum absolute atomic E-state index is 10.9. The minimum absolute atomic E-state index is 0.0434. The van der Waals surface area contributed by atoms with Crippen LogP contribution in [0.4, 0.5) is 5.82 Å². The number of carboxylic acids is 1. The Hall–Kier alpha value is -1.63. The molecule has 7 heteroatoms. The molecule has 0 saturated heterocycles. The highest BCUT2D eigenvalue weighted by Crippen LogP contribution is 2.04. The largest absolute Gasteiger partial charge is 0.477 e. The summed E-state index contributed by atoms with van der Waals surface area (Å²) in [6.07, 6.45) is 1.63. The smallest absolute Gasteiger partial charge is 0.354 e. The fourth-order valence-electron chi connectivity index (χ4n) is 1.20. The fourth-order valence-corrected chi connectivity index (χ4v) is 1.87. The van der Waals surface area contributed by atoms with E-state index in [1.165, 1.54) is 12.3 Å². The Morgan fingerprint density at radius 2 is 2.18 bits per heavy atom. The average molecular weight is 258 g/mol. The van der Waals surface area contributed by atoms with Crippen LogP contribution < -0.4 is 5.32 Å². The van der Waals surface area contributed by atoms with Crippen LogP contribution in [0.2, 0.25) is 0 Å². The molecule has 6 nitrogen and oxygen atoms in total. The maximum Gasteiger partial charge on any atom is 0.354 e. The van der Waals surface area contributed by atoms with Gasteiger partial charge in [0.25, 0.3) is 0 Å². The summed E-state index contributed by atoms with van der Waals surface area (Å²) >= 11 is 0. The minimum Gasteiger partial charge on any atom is -0.477 e. The van der Waals surface area contributed by atoms with Crippen LogP contribution in [0.5, 0.6) is 0 Å². The summed E-state index contributed by atoms with van der Waals surface area (Å²) in [4.78, 5) is 14.5. The topological polar surface area (TPSA) is 96.4 Å². The van der Waals surface area contributed by atoms with Crippen LogP contribution >= 0.6 is 0 Å². The van der Waals surface area contributed by atoms with E-state index in [0.717, 1.165) is 0 Å². The summed E-state index contributed by atoms with van der Waals surface area (Å²) in [7, 11) is -2.95. The van der Waals surface area contributed by atoms with E-state index in [4.69, 9.17) is 5.11 Å². The number of aromatic nitrogens is 1. The summed E-state index contributed by atoms with van der Waals surface area (Å²) in [6.45, 7) is 0.434. The van der Waals surface area contributed by atoms with Gasteiger partial charge >= 0.3 is 5.97 Å². The Bertz CT molecular complexity index is 499. The van der Waals surface area contributed by atoms with E-state index >= 15 is 0 Å². The van der Waals surface area contributed by atoms with Crippen LogP contribution in [0.25, 0.3) is 0 Å². The highest BCUT2D eigenvalue weighted by Gasteiger charge is 2.05. The standard InChI is InChI=1S/C10H14N2O4S/c1-17(15,16)7-3-6-11-9-5-2-4-8(12-9)10(13)14/h2,4-5H,3,6-7H2,1H3,(H,11,12)(H,13,14). The van der Waals surface area contributed by atoms with E-state index < -0.39 is 15.8 Å². The van der Waals surface area contributed by atoms with E-state index in [1.54, 1.807) is 12.1 Å². The van der Waals surface area contributed by atoms with Gasteiger partial charge in [-0.25, -0.2) is 18.2 Å². The fraction of sp³-hybridized carbons (Fsp3) is 0.400. The van der Waals surface area contributed by atoms with Crippen molar-refractivity contribution < 1.29 is 18.3 Å². The molecule has 0 aliphatic heterocycles. The molecule has 0 fully saturated rings. The van der Waals surface area contributed by atoms with Crippen LogP contribution in [0.15, 0.2) is 18.2 Å². The molecule has 1 aromatic rings. The molecule has 0 radical (unpaired) electrons. The number of anilines is 1. The number of aromatic carboxylic acids is 1. The zero-order chi connectivity index (χ0) is 12.9. The molecule has 0 saturated carbocycles. The molecule has 0 atom stereocenters. The molecule has 0 bridgehead atoms. The molecule has 0 aliphatic carbocycles. The first-order valence-corrected chi connectivity index (χ1v) is 7.06. The lowest BCUT2D eigenvalue weighted by atomic mass is 10.3. The number of nitrogens with one attached hydrogen (secondary N) is 1. The monoisotopic (exact) mass is 258 g/mol. The van der Waals surface area contributed by atoms with Crippen LogP contribution in [-0.4, -0.2) is 43.0 Å². The second kappa shape index (κ2) is 5.62. The molecule has 0 unspecified atom stereocenters. The number of hydrogen-bond donors (Lipinski definition) is 2. The lowest BCUT2D eigenvalue weighted by molar-refractivity contribution is 0.0690. The SMILES string of the molecule is CS(=O)(=O)CCCNc1cccc(C(=O)O)n1. The van der Waals surface area contributed by atoms with E-state index in [2.05, 4.69) is 10.3 Å². The molecule has 1 aromatic heterocycles. The second-order valence-electron chi connectivity index (χ2n) is 3.62. The van der Waals surface area contributed by atoms with Crippen molar-refractivity contribution in [3.8, 4) is 0 Å². The summed E-state index contributed by atoms with van der Waals surface area (Å²) in [5.41, 5.74) is -0.0434. The van der Waals surface area contributed by atoms with Gasteiger partial charge < -0.3 is 10.4 Å². The minimum atomic E-state index is -2.95. The van der Waals surface area contributed by atoms with Crippen LogP contribution in [-0.2, 0) is 9.84 Å². The number of carboxylic acid groups (broad SMARTS) is 1. The number of hydrogen-bond acceptors (Lipinski definition) is 5. The predicted octanol–water partition coefficient (Wildman–Crippen LogP) is 0.626. The van der Waals surface area contributed by atoms with Crippen molar-refractivity contribution in [2.75, 3.05) is 23.9 Å². The molecule has 17 heavy (non-hydrogen) atoms. The van der Waals surface area contributed by atoms with Gasteiger partial charge in [0.05, 0.1) is 5.75 Å². The van der Waals surface area contributed by atoms with Gasteiger partial charge in [0.2, 0.25) is 0 Å². The van der Waals surface area contributed by atoms with Crippen LogP contribution in [0.3, 0.4) is 0 Å².